The molecular weight excluding hydrogens is 156 g/mol. The Morgan fingerprint density at radius 2 is 2.00 bits per heavy atom. The summed E-state index contributed by atoms with van der Waals surface area (Å²) in [5, 5.41) is 0. The Morgan fingerprint density at radius 3 is 2.77 bits per heavy atom. The van der Waals surface area contributed by atoms with Crippen molar-refractivity contribution in [1.29, 1.82) is 0 Å². The highest BCUT2D eigenvalue weighted by Gasteiger charge is 2.15. The van der Waals surface area contributed by atoms with E-state index >= 15 is 0 Å². The van der Waals surface area contributed by atoms with Crippen molar-refractivity contribution in [2.45, 2.75) is 39.5 Å². The van der Waals surface area contributed by atoms with Crippen LogP contribution in [-0.4, -0.2) is 0 Å². The Hall–Kier alpha value is -0.780. The first-order valence-electron chi connectivity index (χ1n) is 5.40. The van der Waals surface area contributed by atoms with E-state index in [-0.39, 0.29) is 0 Å². The molecule has 0 heterocycles. The third-order valence-electron chi connectivity index (χ3n) is 2.97. The van der Waals surface area contributed by atoms with E-state index in [1.807, 2.05) is 0 Å². The second-order valence-corrected chi connectivity index (χ2v) is 4.37. The molecule has 2 aliphatic carbocycles. The third-order valence-corrected chi connectivity index (χ3v) is 2.97. The van der Waals surface area contributed by atoms with Crippen LogP contribution in [0, 0.1) is 5.92 Å². The fourth-order valence-corrected chi connectivity index (χ4v) is 2.06. The Kier molecular flexibility index (Phi) is 2.39. The summed E-state index contributed by atoms with van der Waals surface area (Å²) in [5.74, 6) is 0.681. The van der Waals surface area contributed by atoms with Crippen LogP contribution < -0.4 is 0 Å². The van der Waals surface area contributed by atoms with Crippen molar-refractivity contribution in [3.8, 4) is 0 Å². The lowest BCUT2D eigenvalue weighted by Gasteiger charge is -2.01. The summed E-state index contributed by atoms with van der Waals surface area (Å²) in [7, 11) is 0. The standard InChI is InChI=1S/C13H18/c1-10(2)13-8-11-6-4-3-5-7-12(11)9-13/h6,8-10H,3-5,7H2,1-2H3. The zero-order valence-electron chi connectivity index (χ0n) is 8.64. The van der Waals surface area contributed by atoms with E-state index in [0.29, 0.717) is 5.92 Å². The van der Waals surface area contributed by atoms with Crippen molar-refractivity contribution < 1.29 is 0 Å². The van der Waals surface area contributed by atoms with Gasteiger partial charge < -0.3 is 0 Å². The van der Waals surface area contributed by atoms with Gasteiger partial charge in [-0.25, -0.2) is 0 Å². The Morgan fingerprint density at radius 1 is 1.15 bits per heavy atom. The first-order valence-corrected chi connectivity index (χ1v) is 5.40. The van der Waals surface area contributed by atoms with E-state index in [2.05, 4.69) is 32.1 Å². The number of fused-ring (bicyclic) bond motifs is 1. The second kappa shape index (κ2) is 3.53. The van der Waals surface area contributed by atoms with Gasteiger partial charge in [-0.3, -0.25) is 0 Å². The maximum Gasteiger partial charge on any atom is -0.0219 e. The molecule has 0 atom stereocenters. The summed E-state index contributed by atoms with van der Waals surface area (Å²) in [5.41, 5.74) is 4.62. The predicted octanol–water partition coefficient (Wildman–Crippen LogP) is 4.01. The lowest BCUT2D eigenvalue weighted by molar-refractivity contribution is 0.761. The van der Waals surface area contributed by atoms with E-state index in [9.17, 15) is 0 Å². The number of rotatable bonds is 1. The van der Waals surface area contributed by atoms with Crippen molar-refractivity contribution in [1.82, 2.24) is 0 Å². The van der Waals surface area contributed by atoms with Gasteiger partial charge in [0.05, 0.1) is 0 Å². The van der Waals surface area contributed by atoms with E-state index in [0.717, 1.165) is 0 Å². The molecule has 0 N–H and O–H groups in total. The van der Waals surface area contributed by atoms with Crippen LogP contribution in [0.25, 0.3) is 0 Å². The van der Waals surface area contributed by atoms with Crippen molar-refractivity contribution in [3.63, 3.8) is 0 Å². The monoisotopic (exact) mass is 174 g/mol. The number of hydrogen-bond donors (Lipinski definition) is 0. The fourth-order valence-electron chi connectivity index (χ4n) is 2.06. The third kappa shape index (κ3) is 1.77. The fraction of sp³-hybridized carbons (Fsp3) is 0.538. The maximum absolute atomic E-state index is 2.41. The Bertz CT molecular complexity index is 287. The van der Waals surface area contributed by atoms with Gasteiger partial charge in [-0.05, 0) is 48.3 Å². The zero-order chi connectivity index (χ0) is 9.26. The molecule has 0 bridgehead atoms. The van der Waals surface area contributed by atoms with Crippen molar-refractivity contribution in [3.05, 3.63) is 34.9 Å². The molecule has 0 saturated heterocycles. The topological polar surface area (TPSA) is 0 Å². The average Bonchev–Trinajstić information content (AvgIpc) is 2.38. The first-order chi connectivity index (χ1) is 6.27. The summed E-state index contributed by atoms with van der Waals surface area (Å²) in [4.78, 5) is 0. The molecule has 0 aromatic heterocycles. The highest BCUT2D eigenvalue weighted by molar-refractivity contribution is 5.53. The molecule has 2 aliphatic rings. The van der Waals surface area contributed by atoms with E-state index < -0.39 is 0 Å². The molecular formula is C13H18. The van der Waals surface area contributed by atoms with Crippen molar-refractivity contribution in [2.75, 3.05) is 0 Å². The lowest BCUT2D eigenvalue weighted by atomic mass is 10.0. The molecule has 0 fully saturated rings. The van der Waals surface area contributed by atoms with Gasteiger partial charge in [0.25, 0.3) is 0 Å². The highest BCUT2D eigenvalue weighted by Crippen LogP contribution is 2.33. The minimum Gasteiger partial charge on any atom is -0.0770 e. The van der Waals surface area contributed by atoms with E-state index in [1.54, 1.807) is 5.57 Å². The molecule has 0 heteroatoms. The Balaban J connectivity index is 2.26. The molecule has 0 nitrogen and oxygen atoms in total. The van der Waals surface area contributed by atoms with Gasteiger partial charge in [0, 0.05) is 0 Å². The van der Waals surface area contributed by atoms with Gasteiger partial charge in [0.1, 0.15) is 0 Å². The van der Waals surface area contributed by atoms with Crippen LogP contribution in [0.1, 0.15) is 39.5 Å². The maximum atomic E-state index is 2.41. The first kappa shape index (κ1) is 8.80. The number of hydrogen-bond acceptors (Lipinski definition) is 0. The lowest BCUT2D eigenvalue weighted by Crippen LogP contribution is -1.86. The minimum absolute atomic E-state index is 0.681. The van der Waals surface area contributed by atoms with E-state index in [1.165, 1.54) is 36.8 Å². The van der Waals surface area contributed by atoms with Gasteiger partial charge >= 0.3 is 0 Å². The molecule has 0 radical (unpaired) electrons. The average molecular weight is 174 g/mol. The zero-order valence-corrected chi connectivity index (χ0v) is 8.64. The molecule has 0 saturated carbocycles. The van der Waals surface area contributed by atoms with Crippen LogP contribution in [0.2, 0.25) is 0 Å². The second-order valence-electron chi connectivity index (χ2n) is 4.37. The molecule has 0 unspecified atom stereocenters. The molecule has 13 heavy (non-hydrogen) atoms. The van der Waals surface area contributed by atoms with Crippen LogP contribution in [-0.2, 0) is 0 Å². The molecule has 2 rings (SSSR count). The molecule has 0 aromatic rings. The van der Waals surface area contributed by atoms with Gasteiger partial charge in [-0.1, -0.05) is 32.1 Å². The summed E-state index contributed by atoms with van der Waals surface area (Å²) >= 11 is 0. The molecule has 0 spiro atoms. The van der Waals surface area contributed by atoms with Crippen molar-refractivity contribution in [2.24, 2.45) is 5.92 Å². The quantitative estimate of drug-likeness (QED) is 0.563. The summed E-state index contributed by atoms with van der Waals surface area (Å²) in [6.45, 7) is 4.54. The van der Waals surface area contributed by atoms with Gasteiger partial charge in [0.15, 0.2) is 0 Å². The number of allylic oxidation sites excluding steroid dienone is 6. The minimum atomic E-state index is 0.681. The molecule has 0 aliphatic heterocycles. The van der Waals surface area contributed by atoms with Crippen LogP contribution in [0.3, 0.4) is 0 Å². The SMILES string of the molecule is CC(C)C1=CC2=CCCCCC2=C1. The van der Waals surface area contributed by atoms with Crippen LogP contribution >= 0.6 is 0 Å². The smallest absolute Gasteiger partial charge is 0.0219 e. The van der Waals surface area contributed by atoms with Gasteiger partial charge in [-0.15, -0.1) is 0 Å². The predicted molar refractivity (Wildman–Crippen MR) is 57.6 cm³/mol. The van der Waals surface area contributed by atoms with Gasteiger partial charge in [-0.2, -0.15) is 0 Å². The molecule has 0 aromatic carbocycles. The summed E-state index contributed by atoms with van der Waals surface area (Å²) in [6, 6.07) is 0. The summed E-state index contributed by atoms with van der Waals surface area (Å²) < 4.78 is 0. The van der Waals surface area contributed by atoms with Gasteiger partial charge in [0.2, 0.25) is 0 Å². The van der Waals surface area contributed by atoms with Crippen LogP contribution in [0.15, 0.2) is 34.9 Å². The van der Waals surface area contributed by atoms with Crippen LogP contribution in [0.4, 0.5) is 0 Å². The Labute approximate surface area is 81.0 Å². The summed E-state index contributed by atoms with van der Waals surface area (Å²) in [6.07, 6.45) is 12.5. The van der Waals surface area contributed by atoms with Crippen LogP contribution in [0.5, 0.6) is 0 Å². The highest BCUT2D eigenvalue weighted by atomic mass is 14.2. The molecule has 70 valence electrons. The largest absolute Gasteiger partial charge is 0.0770 e. The normalized spacial score (nSPS) is 21.9. The van der Waals surface area contributed by atoms with Crippen molar-refractivity contribution >= 4 is 0 Å². The van der Waals surface area contributed by atoms with E-state index in [4.69, 9.17) is 0 Å². The molecule has 0 amide bonds.